The van der Waals surface area contributed by atoms with Crippen LogP contribution in [0.3, 0.4) is 0 Å². The van der Waals surface area contributed by atoms with E-state index in [0.29, 0.717) is 0 Å². The van der Waals surface area contributed by atoms with Crippen LogP contribution in [0.1, 0.15) is 56.9 Å². The molecule has 2 aliphatic rings. The van der Waals surface area contributed by atoms with Gasteiger partial charge < -0.3 is 9.64 Å². The number of rotatable bonds is 8. The van der Waals surface area contributed by atoms with Crippen LogP contribution in [0, 0.1) is 5.92 Å². The summed E-state index contributed by atoms with van der Waals surface area (Å²) in [6.07, 6.45) is 11.4. The number of methoxy groups -OCH3 is 1. The molecule has 0 unspecified atom stereocenters. The fraction of sp³-hybridized carbons (Fsp3) is 0.727. The molecular weight excluding hydrogens is 344 g/mol. The molecule has 3 rings (SSSR count). The third-order valence-corrected chi connectivity index (χ3v) is 5.99. The van der Waals surface area contributed by atoms with Gasteiger partial charge in [0.1, 0.15) is 5.75 Å². The summed E-state index contributed by atoms with van der Waals surface area (Å²) in [7, 11) is 1.74. The zero-order chi connectivity index (χ0) is 17.3. The van der Waals surface area contributed by atoms with Gasteiger partial charge in [0, 0.05) is 26.2 Å². The van der Waals surface area contributed by atoms with Gasteiger partial charge in [-0.1, -0.05) is 37.8 Å². The molecule has 1 aromatic rings. The van der Waals surface area contributed by atoms with Gasteiger partial charge >= 0.3 is 0 Å². The highest BCUT2D eigenvalue weighted by Gasteiger charge is 2.19. The molecule has 3 nitrogen and oxygen atoms in total. The van der Waals surface area contributed by atoms with Gasteiger partial charge in [-0.3, -0.25) is 4.90 Å². The van der Waals surface area contributed by atoms with Gasteiger partial charge in [0.05, 0.1) is 7.11 Å². The molecular formula is C22H37ClN2O. The molecule has 1 aliphatic heterocycles. The van der Waals surface area contributed by atoms with Crippen LogP contribution < -0.4 is 4.74 Å². The summed E-state index contributed by atoms with van der Waals surface area (Å²) in [6.45, 7) is 7.42. The highest BCUT2D eigenvalue weighted by molar-refractivity contribution is 5.85. The summed E-state index contributed by atoms with van der Waals surface area (Å²) in [5, 5.41) is 0. The van der Waals surface area contributed by atoms with Crippen molar-refractivity contribution in [2.75, 3.05) is 39.8 Å². The van der Waals surface area contributed by atoms with Crippen molar-refractivity contribution in [1.29, 1.82) is 0 Å². The summed E-state index contributed by atoms with van der Waals surface area (Å²) in [6, 6.07) is 8.65. The van der Waals surface area contributed by atoms with Crippen LogP contribution >= 0.6 is 12.4 Å². The SMILES string of the molecule is COc1ccc(CN(CCN2CCCCC2)CC2CCCCC2)cc1.Cl. The number of ether oxygens (including phenoxy) is 1. The molecule has 1 aromatic carbocycles. The standard InChI is InChI=1S/C22H36N2O.ClH/c1-25-22-12-10-21(11-13-22)19-24(18-20-8-4-2-5-9-20)17-16-23-14-6-3-7-15-23;/h10-13,20H,2-9,14-19H2,1H3;1H. The number of halogens is 1. The fourth-order valence-corrected chi connectivity index (χ4v) is 4.42. The highest BCUT2D eigenvalue weighted by Crippen LogP contribution is 2.25. The molecule has 1 saturated carbocycles. The minimum atomic E-state index is 0. The van der Waals surface area contributed by atoms with E-state index in [2.05, 4.69) is 34.1 Å². The van der Waals surface area contributed by atoms with Crippen LogP contribution in [0.2, 0.25) is 0 Å². The van der Waals surface area contributed by atoms with Crippen LogP contribution in [0.25, 0.3) is 0 Å². The number of nitrogens with zero attached hydrogens (tertiary/aromatic N) is 2. The first-order chi connectivity index (χ1) is 12.3. The van der Waals surface area contributed by atoms with E-state index in [0.717, 1.165) is 18.2 Å². The van der Waals surface area contributed by atoms with Crippen LogP contribution in [-0.2, 0) is 6.54 Å². The van der Waals surface area contributed by atoms with E-state index in [9.17, 15) is 0 Å². The lowest BCUT2D eigenvalue weighted by Crippen LogP contribution is -2.39. The number of benzene rings is 1. The van der Waals surface area contributed by atoms with E-state index in [1.54, 1.807) is 7.11 Å². The molecule has 1 aliphatic carbocycles. The van der Waals surface area contributed by atoms with Crippen molar-refractivity contribution in [3.63, 3.8) is 0 Å². The predicted octanol–water partition coefficient (Wildman–Crippen LogP) is 4.99. The predicted molar refractivity (Wildman–Crippen MR) is 112 cm³/mol. The lowest BCUT2D eigenvalue weighted by molar-refractivity contribution is 0.151. The molecule has 0 N–H and O–H groups in total. The van der Waals surface area contributed by atoms with Crippen molar-refractivity contribution in [1.82, 2.24) is 9.80 Å². The molecule has 1 heterocycles. The van der Waals surface area contributed by atoms with Gasteiger partial charge in [0.25, 0.3) is 0 Å². The maximum Gasteiger partial charge on any atom is 0.118 e. The molecule has 0 spiro atoms. The first-order valence-electron chi connectivity index (χ1n) is 10.4. The largest absolute Gasteiger partial charge is 0.497 e. The Morgan fingerprint density at radius 1 is 0.962 bits per heavy atom. The Hall–Kier alpha value is -0.770. The van der Waals surface area contributed by atoms with Crippen LogP contribution in [0.15, 0.2) is 24.3 Å². The third-order valence-electron chi connectivity index (χ3n) is 5.99. The van der Waals surface area contributed by atoms with E-state index in [1.165, 1.54) is 89.7 Å². The van der Waals surface area contributed by atoms with Gasteiger partial charge in [0.2, 0.25) is 0 Å². The number of hydrogen-bond donors (Lipinski definition) is 0. The highest BCUT2D eigenvalue weighted by atomic mass is 35.5. The zero-order valence-electron chi connectivity index (χ0n) is 16.5. The van der Waals surface area contributed by atoms with Gasteiger partial charge in [-0.2, -0.15) is 0 Å². The van der Waals surface area contributed by atoms with E-state index in [-0.39, 0.29) is 12.4 Å². The van der Waals surface area contributed by atoms with E-state index < -0.39 is 0 Å². The number of likely N-dealkylation sites (tertiary alicyclic amines) is 1. The van der Waals surface area contributed by atoms with Crippen molar-refractivity contribution in [2.45, 2.75) is 57.9 Å². The normalized spacial score (nSPS) is 19.3. The summed E-state index contributed by atoms with van der Waals surface area (Å²) in [4.78, 5) is 5.39. The lowest BCUT2D eigenvalue weighted by Gasteiger charge is -2.33. The lowest BCUT2D eigenvalue weighted by atomic mass is 9.89. The molecule has 0 atom stereocenters. The van der Waals surface area contributed by atoms with Gasteiger partial charge in [-0.15, -0.1) is 12.4 Å². The molecule has 2 fully saturated rings. The number of piperidine rings is 1. The molecule has 26 heavy (non-hydrogen) atoms. The smallest absolute Gasteiger partial charge is 0.118 e. The monoisotopic (exact) mass is 380 g/mol. The second-order valence-electron chi connectivity index (χ2n) is 7.99. The van der Waals surface area contributed by atoms with Crippen molar-refractivity contribution in [3.8, 4) is 5.75 Å². The minimum Gasteiger partial charge on any atom is -0.497 e. The minimum absolute atomic E-state index is 0. The Kier molecular flexibility index (Phi) is 9.80. The maximum atomic E-state index is 5.30. The summed E-state index contributed by atoms with van der Waals surface area (Å²) >= 11 is 0. The summed E-state index contributed by atoms with van der Waals surface area (Å²) in [5.41, 5.74) is 1.41. The van der Waals surface area contributed by atoms with Gasteiger partial charge in [-0.05, 0) is 62.4 Å². The molecule has 0 bridgehead atoms. The van der Waals surface area contributed by atoms with Crippen molar-refractivity contribution >= 4 is 12.4 Å². The van der Waals surface area contributed by atoms with E-state index in [4.69, 9.17) is 4.74 Å². The quantitative estimate of drug-likeness (QED) is 0.632. The van der Waals surface area contributed by atoms with Crippen molar-refractivity contribution < 1.29 is 4.74 Å². The van der Waals surface area contributed by atoms with Crippen molar-refractivity contribution in [3.05, 3.63) is 29.8 Å². The average Bonchev–Trinajstić information content (AvgIpc) is 2.68. The zero-order valence-corrected chi connectivity index (χ0v) is 17.3. The first kappa shape index (κ1) is 21.5. The van der Waals surface area contributed by atoms with E-state index >= 15 is 0 Å². The van der Waals surface area contributed by atoms with Crippen molar-refractivity contribution in [2.24, 2.45) is 5.92 Å². The molecule has 0 radical (unpaired) electrons. The number of hydrogen-bond acceptors (Lipinski definition) is 3. The molecule has 0 amide bonds. The third kappa shape index (κ3) is 7.09. The summed E-state index contributed by atoms with van der Waals surface area (Å²) < 4.78 is 5.30. The maximum absolute atomic E-state index is 5.30. The molecule has 148 valence electrons. The van der Waals surface area contributed by atoms with Crippen LogP contribution in [-0.4, -0.2) is 49.6 Å². The molecule has 0 aromatic heterocycles. The Bertz CT molecular complexity index is 481. The first-order valence-corrected chi connectivity index (χ1v) is 10.4. The topological polar surface area (TPSA) is 15.7 Å². The van der Waals surface area contributed by atoms with E-state index in [1.807, 2.05) is 0 Å². The molecule has 4 heteroatoms. The molecule has 1 saturated heterocycles. The second kappa shape index (κ2) is 11.8. The van der Waals surface area contributed by atoms with Gasteiger partial charge in [0.15, 0.2) is 0 Å². The summed E-state index contributed by atoms with van der Waals surface area (Å²) in [5.74, 6) is 1.87. The Labute approximate surface area is 166 Å². The Balaban J connectivity index is 0.00000243. The average molecular weight is 381 g/mol. The fourth-order valence-electron chi connectivity index (χ4n) is 4.42. The Morgan fingerprint density at radius 3 is 2.27 bits per heavy atom. The van der Waals surface area contributed by atoms with Gasteiger partial charge in [-0.25, -0.2) is 0 Å². The van der Waals surface area contributed by atoms with Crippen LogP contribution in [0.4, 0.5) is 0 Å². The Morgan fingerprint density at radius 2 is 1.62 bits per heavy atom. The van der Waals surface area contributed by atoms with Crippen LogP contribution in [0.5, 0.6) is 5.75 Å². The second-order valence-corrected chi connectivity index (χ2v) is 7.99.